The van der Waals surface area contributed by atoms with Crippen molar-refractivity contribution in [3.63, 3.8) is 0 Å². The van der Waals surface area contributed by atoms with E-state index in [0.29, 0.717) is 35.8 Å². The van der Waals surface area contributed by atoms with Crippen molar-refractivity contribution < 1.29 is 14.3 Å². The van der Waals surface area contributed by atoms with Crippen molar-refractivity contribution >= 4 is 34.1 Å². The molecule has 1 aliphatic carbocycles. The average molecular weight is 372 g/mol. The van der Waals surface area contributed by atoms with E-state index in [1.165, 1.54) is 6.92 Å². The van der Waals surface area contributed by atoms with Gasteiger partial charge < -0.3 is 9.47 Å². The number of fused-ring (bicyclic) bond motifs is 2. The zero-order valence-corrected chi connectivity index (χ0v) is 15.1. The molecule has 0 bridgehead atoms. The molecule has 5 rings (SSSR count). The van der Waals surface area contributed by atoms with Crippen molar-refractivity contribution in [1.29, 1.82) is 0 Å². The first-order valence-electron chi connectivity index (χ1n) is 8.87. The number of carbonyl (C=O) groups is 1. The number of hydrazone groups is 1. The summed E-state index contributed by atoms with van der Waals surface area (Å²) in [6.45, 7) is 2.60. The number of hydrogen-bond acceptors (Lipinski definition) is 5. The maximum Gasteiger partial charge on any atom is 0.240 e. The van der Waals surface area contributed by atoms with E-state index in [1.807, 2.05) is 18.2 Å². The number of benzene rings is 1. The molecule has 0 spiro atoms. The smallest absolute Gasteiger partial charge is 0.240 e. The van der Waals surface area contributed by atoms with Gasteiger partial charge in [-0.2, -0.15) is 5.10 Å². The summed E-state index contributed by atoms with van der Waals surface area (Å²) in [5.41, 5.74) is 2.67. The highest BCUT2D eigenvalue weighted by molar-refractivity contribution is 6.30. The van der Waals surface area contributed by atoms with Gasteiger partial charge in [0.25, 0.3) is 0 Å². The molecule has 1 atom stereocenters. The van der Waals surface area contributed by atoms with Crippen molar-refractivity contribution in [3.8, 4) is 11.5 Å². The lowest BCUT2D eigenvalue weighted by atomic mass is 10.00. The Bertz CT molecular complexity index is 955. The van der Waals surface area contributed by atoms with Gasteiger partial charge in [-0.05, 0) is 30.9 Å². The van der Waals surface area contributed by atoms with Crippen LogP contribution in [0.3, 0.4) is 0 Å². The molecule has 26 heavy (non-hydrogen) atoms. The average Bonchev–Trinajstić information content (AvgIpc) is 3.38. The number of halogens is 1. The van der Waals surface area contributed by atoms with Crippen molar-refractivity contribution in [1.82, 2.24) is 9.99 Å². The van der Waals surface area contributed by atoms with E-state index in [9.17, 15) is 4.79 Å². The lowest BCUT2D eigenvalue weighted by molar-refractivity contribution is -0.130. The summed E-state index contributed by atoms with van der Waals surface area (Å²) in [4.78, 5) is 16.7. The number of amides is 1. The summed E-state index contributed by atoms with van der Waals surface area (Å²) in [6, 6.07) is 5.57. The Labute approximate surface area is 155 Å². The molecule has 134 valence electrons. The minimum Gasteiger partial charge on any atom is -0.486 e. The third-order valence-corrected chi connectivity index (χ3v) is 5.43. The van der Waals surface area contributed by atoms with Crippen LogP contribution in [0.5, 0.6) is 11.5 Å². The third-order valence-electron chi connectivity index (χ3n) is 5.12. The third kappa shape index (κ3) is 2.60. The van der Waals surface area contributed by atoms with E-state index in [2.05, 4.69) is 10.1 Å². The standard InChI is InChI=1S/C19H18ClN3O3/c1-10(24)23-16(8-15(22-23)11-2-3-11)13-6-12-7-17-18(26-5-4-25-17)9-14(12)21-19(13)20/h6-7,9,11,16H,2-5,8H2,1H3/t16-/m0/s1. The zero-order chi connectivity index (χ0) is 17.8. The molecule has 3 aliphatic rings. The van der Waals surface area contributed by atoms with Crippen LogP contribution in [0.4, 0.5) is 0 Å². The second-order valence-corrected chi connectivity index (χ2v) is 7.36. The van der Waals surface area contributed by atoms with Gasteiger partial charge in [0.2, 0.25) is 5.91 Å². The monoisotopic (exact) mass is 371 g/mol. The second kappa shape index (κ2) is 5.84. The van der Waals surface area contributed by atoms with Crippen LogP contribution in [0, 0.1) is 5.92 Å². The Morgan fingerprint density at radius 1 is 1.19 bits per heavy atom. The summed E-state index contributed by atoms with van der Waals surface area (Å²) in [6.07, 6.45) is 3.04. The Hall–Kier alpha value is -2.34. The molecule has 6 nitrogen and oxygen atoms in total. The number of hydrogen-bond donors (Lipinski definition) is 0. The first-order valence-corrected chi connectivity index (χ1v) is 9.25. The molecule has 2 aromatic rings. The summed E-state index contributed by atoms with van der Waals surface area (Å²) < 4.78 is 11.3. The molecule has 7 heteroatoms. The number of pyridine rings is 1. The minimum absolute atomic E-state index is 0.0796. The molecule has 1 amide bonds. The quantitative estimate of drug-likeness (QED) is 0.755. The zero-order valence-electron chi connectivity index (χ0n) is 14.4. The minimum atomic E-state index is -0.194. The van der Waals surface area contributed by atoms with Crippen LogP contribution in [-0.2, 0) is 4.79 Å². The molecule has 1 aromatic heterocycles. The number of ether oxygens (including phenoxy) is 2. The van der Waals surface area contributed by atoms with Gasteiger partial charge in [0.05, 0.1) is 11.6 Å². The number of carbonyl (C=O) groups excluding carboxylic acids is 1. The SMILES string of the molecule is CC(=O)N1N=C(C2CC2)C[C@H]1c1cc2cc3c(cc2nc1Cl)OCCO3. The fourth-order valence-corrected chi connectivity index (χ4v) is 3.94. The van der Waals surface area contributed by atoms with Crippen LogP contribution in [0.2, 0.25) is 5.15 Å². The van der Waals surface area contributed by atoms with Gasteiger partial charge in [0.1, 0.15) is 18.4 Å². The molecule has 0 radical (unpaired) electrons. The second-order valence-electron chi connectivity index (χ2n) is 7.01. The highest BCUT2D eigenvalue weighted by atomic mass is 35.5. The number of rotatable bonds is 2. The largest absolute Gasteiger partial charge is 0.486 e. The van der Waals surface area contributed by atoms with Gasteiger partial charge in [-0.3, -0.25) is 4.79 Å². The fourth-order valence-electron chi connectivity index (χ4n) is 3.67. The summed E-state index contributed by atoms with van der Waals surface area (Å²) >= 11 is 6.51. The van der Waals surface area contributed by atoms with E-state index in [4.69, 9.17) is 21.1 Å². The fraction of sp³-hybridized carbons (Fsp3) is 0.421. The number of nitrogens with zero attached hydrogens (tertiary/aromatic N) is 3. The molecule has 0 unspecified atom stereocenters. The van der Waals surface area contributed by atoms with E-state index in [-0.39, 0.29) is 11.9 Å². The topological polar surface area (TPSA) is 64.0 Å². The Balaban J connectivity index is 1.57. The lowest BCUT2D eigenvalue weighted by Gasteiger charge is -2.22. The van der Waals surface area contributed by atoms with Crippen LogP contribution in [0.15, 0.2) is 23.3 Å². The Morgan fingerprint density at radius 2 is 1.92 bits per heavy atom. The molecule has 1 saturated carbocycles. The molecular weight excluding hydrogens is 354 g/mol. The predicted molar refractivity (Wildman–Crippen MR) is 97.8 cm³/mol. The van der Waals surface area contributed by atoms with E-state index in [1.54, 1.807) is 5.01 Å². The van der Waals surface area contributed by atoms with E-state index >= 15 is 0 Å². The normalized spacial score (nSPS) is 21.8. The molecule has 0 N–H and O–H groups in total. The lowest BCUT2D eigenvalue weighted by Crippen LogP contribution is -2.24. The van der Waals surface area contributed by atoms with Crippen molar-refractivity contribution in [3.05, 3.63) is 28.9 Å². The van der Waals surface area contributed by atoms with Gasteiger partial charge in [-0.25, -0.2) is 9.99 Å². The van der Waals surface area contributed by atoms with Gasteiger partial charge in [0.15, 0.2) is 11.5 Å². The summed E-state index contributed by atoms with van der Waals surface area (Å²) in [5, 5.41) is 7.44. The Kier molecular flexibility index (Phi) is 3.57. The molecule has 2 aliphatic heterocycles. The van der Waals surface area contributed by atoms with E-state index < -0.39 is 0 Å². The van der Waals surface area contributed by atoms with Crippen LogP contribution < -0.4 is 9.47 Å². The van der Waals surface area contributed by atoms with Crippen LogP contribution >= 0.6 is 11.6 Å². The van der Waals surface area contributed by atoms with Crippen LogP contribution in [0.1, 0.15) is 37.8 Å². The summed E-state index contributed by atoms with van der Waals surface area (Å²) in [7, 11) is 0. The van der Waals surface area contributed by atoms with Crippen LogP contribution in [-0.4, -0.2) is 34.8 Å². The van der Waals surface area contributed by atoms with Crippen molar-refractivity contribution in [2.24, 2.45) is 11.0 Å². The van der Waals surface area contributed by atoms with Gasteiger partial charge in [-0.1, -0.05) is 11.6 Å². The molecule has 1 aromatic carbocycles. The Morgan fingerprint density at radius 3 is 2.62 bits per heavy atom. The maximum atomic E-state index is 12.1. The van der Waals surface area contributed by atoms with Crippen LogP contribution in [0.25, 0.3) is 10.9 Å². The maximum absolute atomic E-state index is 12.1. The molecule has 0 saturated heterocycles. The highest BCUT2D eigenvalue weighted by Gasteiger charge is 2.39. The molecular formula is C19H18ClN3O3. The number of aromatic nitrogens is 1. The highest BCUT2D eigenvalue weighted by Crippen LogP contribution is 2.43. The van der Waals surface area contributed by atoms with Gasteiger partial charge in [-0.15, -0.1) is 0 Å². The first-order chi connectivity index (χ1) is 12.6. The van der Waals surface area contributed by atoms with Gasteiger partial charge >= 0.3 is 0 Å². The van der Waals surface area contributed by atoms with Crippen molar-refractivity contribution in [2.75, 3.05) is 13.2 Å². The molecule has 3 heterocycles. The predicted octanol–water partition coefficient (Wildman–Crippen LogP) is 3.72. The summed E-state index contributed by atoms with van der Waals surface area (Å²) in [5.74, 6) is 1.84. The van der Waals surface area contributed by atoms with Crippen molar-refractivity contribution in [2.45, 2.75) is 32.2 Å². The molecule has 1 fully saturated rings. The van der Waals surface area contributed by atoms with Gasteiger partial charge in [0, 0.05) is 36.1 Å². The first kappa shape index (κ1) is 15.9. The van der Waals surface area contributed by atoms with E-state index in [0.717, 1.165) is 41.4 Å².